The first-order chi connectivity index (χ1) is 8.14. The molecule has 0 aromatic heterocycles. The molecule has 106 valence electrons. The van der Waals surface area contributed by atoms with Crippen LogP contribution in [0.1, 0.15) is 41.0 Å². The molecule has 0 radical (unpaired) electrons. The fourth-order valence-corrected chi connectivity index (χ4v) is 2.89. The molecular formula is C14H28N2O2. The van der Waals surface area contributed by atoms with Gasteiger partial charge < -0.3 is 15.4 Å². The summed E-state index contributed by atoms with van der Waals surface area (Å²) in [5, 5.41) is 6.30. The van der Waals surface area contributed by atoms with E-state index in [0.717, 1.165) is 6.42 Å². The quantitative estimate of drug-likeness (QED) is 0.802. The Morgan fingerprint density at radius 3 is 2.33 bits per heavy atom. The first-order valence-corrected chi connectivity index (χ1v) is 6.72. The van der Waals surface area contributed by atoms with E-state index in [-0.39, 0.29) is 28.8 Å². The minimum atomic E-state index is -0.184. The van der Waals surface area contributed by atoms with E-state index in [1.54, 1.807) is 0 Å². The molecule has 18 heavy (non-hydrogen) atoms. The number of ether oxygens (including phenoxy) is 1. The molecule has 2 atom stereocenters. The topological polar surface area (TPSA) is 50.4 Å². The van der Waals surface area contributed by atoms with Gasteiger partial charge in [0.25, 0.3) is 0 Å². The summed E-state index contributed by atoms with van der Waals surface area (Å²) in [6.07, 6.45) is 0.948. The Morgan fingerprint density at radius 1 is 1.22 bits per heavy atom. The summed E-state index contributed by atoms with van der Waals surface area (Å²) in [5.74, 6) is 0.0235. The molecule has 4 heteroatoms. The summed E-state index contributed by atoms with van der Waals surface area (Å²) in [6, 6.07) is 0.135. The number of carbonyl (C=O) groups excluding carboxylic acids is 1. The summed E-state index contributed by atoms with van der Waals surface area (Å²) in [5.41, 5.74) is 0.0155. The maximum absolute atomic E-state index is 12.3. The highest BCUT2D eigenvalue weighted by Crippen LogP contribution is 2.27. The Morgan fingerprint density at radius 2 is 1.83 bits per heavy atom. The normalized spacial score (nSPS) is 25.2. The van der Waals surface area contributed by atoms with Crippen LogP contribution < -0.4 is 10.6 Å². The van der Waals surface area contributed by atoms with Crippen LogP contribution in [0.4, 0.5) is 0 Å². The summed E-state index contributed by atoms with van der Waals surface area (Å²) in [4.78, 5) is 12.3. The van der Waals surface area contributed by atoms with E-state index in [4.69, 9.17) is 4.74 Å². The van der Waals surface area contributed by atoms with Crippen molar-refractivity contribution in [2.45, 2.75) is 52.6 Å². The molecule has 1 saturated heterocycles. The zero-order valence-electron chi connectivity index (χ0n) is 12.6. The highest BCUT2D eigenvalue weighted by molar-refractivity contribution is 5.80. The molecule has 0 aromatic rings. The van der Waals surface area contributed by atoms with Gasteiger partial charge in [0.1, 0.15) is 0 Å². The highest BCUT2D eigenvalue weighted by Gasteiger charge is 2.36. The molecule has 0 aliphatic carbocycles. The van der Waals surface area contributed by atoms with Crippen LogP contribution in [-0.2, 0) is 9.53 Å². The first-order valence-electron chi connectivity index (χ1n) is 6.72. The van der Waals surface area contributed by atoms with E-state index in [0.29, 0.717) is 13.2 Å². The molecule has 0 spiro atoms. The number of hydrogen-bond acceptors (Lipinski definition) is 3. The van der Waals surface area contributed by atoms with Crippen LogP contribution in [0.15, 0.2) is 0 Å². The molecule has 0 saturated carbocycles. The largest absolute Gasteiger partial charge is 0.379 e. The Bertz CT molecular complexity index is 295. The van der Waals surface area contributed by atoms with E-state index >= 15 is 0 Å². The van der Waals surface area contributed by atoms with Crippen molar-refractivity contribution in [2.75, 3.05) is 20.3 Å². The van der Waals surface area contributed by atoms with Gasteiger partial charge in [0, 0.05) is 11.6 Å². The van der Waals surface area contributed by atoms with Crippen molar-refractivity contribution in [3.05, 3.63) is 0 Å². The van der Waals surface area contributed by atoms with E-state index in [9.17, 15) is 4.79 Å². The highest BCUT2D eigenvalue weighted by atomic mass is 16.5. The lowest BCUT2D eigenvalue weighted by atomic mass is 9.81. The van der Waals surface area contributed by atoms with Crippen LogP contribution in [0.25, 0.3) is 0 Å². The van der Waals surface area contributed by atoms with Crippen LogP contribution >= 0.6 is 0 Å². The van der Waals surface area contributed by atoms with Gasteiger partial charge in [-0.25, -0.2) is 0 Å². The summed E-state index contributed by atoms with van der Waals surface area (Å²) >= 11 is 0. The maximum atomic E-state index is 12.3. The third kappa shape index (κ3) is 4.58. The minimum absolute atomic E-state index is 0.0748. The van der Waals surface area contributed by atoms with Crippen LogP contribution in [0.2, 0.25) is 0 Å². The Hall–Kier alpha value is -0.610. The fraction of sp³-hybridized carbons (Fsp3) is 0.929. The van der Waals surface area contributed by atoms with Gasteiger partial charge in [0.15, 0.2) is 0 Å². The number of nitrogens with one attached hydrogen (secondary N) is 2. The SMILES string of the molecule is CNC1COCC1C(=O)NC(C)(C)CC(C)(C)C. The third-order valence-electron chi connectivity index (χ3n) is 3.22. The molecule has 1 aliphatic rings. The number of likely N-dealkylation sites (N-methyl/N-ethyl adjacent to an activating group) is 1. The van der Waals surface area contributed by atoms with Gasteiger partial charge in [-0.2, -0.15) is 0 Å². The molecule has 0 bridgehead atoms. The Labute approximate surface area is 111 Å². The van der Waals surface area contributed by atoms with E-state index in [2.05, 4.69) is 45.3 Å². The number of rotatable bonds is 4. The number of carbonyl (C=O) groups is 1. The van der Waals surface area contributed by atoms with Gasteiger partial charge in [0.2, 0.25) is 5.91 Å². The average molecular weight is 256 g/mol. The molecule has 4 nitrogen and oxygen atoms in total. The standard InChI is InChI=1S/C14H28N2O2/c1-13(2,3)9-14(4,5)16-12(17)10-7-18-8-11(10)15-6/h10-11,15H,7-9H2,1-6H3,(H,16,17). The fourth-order valence-electron chi connectivity index (χ4n) is 2.89. The maximum Gasteiger partial charge on any atom is 0.227 e. The smallest absolute Gasteiger partial charge is 0.227 e. The second-order valence-corrected chi connectivity index (χ2v) is 7.15. The molecule has 2 unspecified atom stereocenters. The van der Waals surface area contributed by atoms with Crippen molar-refractivity contribution in [1.29, 1.82) is 0 Å². The van der Waals surface area contributed by atoms with Crippen LogP contribution in [0, 0.1) is 11.3 Å². The second kappa shape index (κ2) is 5.57. The van der Waals surface area contributed by atoms with Crippen molar-refractivity contribution in [1.82, 2.24) is 10.6 Å². The van der Waals surface area contributed by atoms with Crippen LogP contribution in [0.3, 0.4) is 0 Å². The lowest BCUT2D eigenvalue weighted by Crippen LogP contribution is -2.51. The van der Waals surface area contributed by atoms with Crippen molar-refractivity contribution in [2.24, 2.45) is 11.3 Å². The molecule has 1 fully saturated rings. The number of amides is 1. The zero-order chi connectivity index (χ0) is 14.0. The average Bonchev–Trinajstić information content (AvgIpc) is 2.59. The van der Waals surface area contributed by atoms with E-state index in [1.165, 1.54) is 0 Å². The Kier molecular flexibility index (Phi) is 4.78. The summed E-state index contributed by atoms with van der Waals surface area (Å²) < 4.78 is 5.37. The first kappa shape index (κ1) is 15.4. The molecule has 1 rings (SSSR count). The molecule has 0 aromatic carbocycles. The molecule has 1 aliphatic heterocycles. The predicted molar refractivity (Wildman–Crippen MR) is 73.5 cm³/mol. The lowest BCUT2D eigenvalue weighted by molar-refractivity contribution is -0.127. The van der Waals surface area contributed by atoms with Gasteiger partial charge in [-0.15, -0.1) is 0 Å². The van der Waals surface area contributed by atoms with Crippen molar-refractivity contribution in [3.63, 3.8) is 0 Å². The number of hydrogen-bond donors (Lipinski definition) is 2. The zero-order valence-corrected chi connectivity index (χ0v) is 12.6. The molecule has 2 N–H and O–H groups in total. The monoisotopic (exact) mass is 256 g/mol. The minimum Gasteiger partial charge on any atom is -0.379 e. The van der Waals surface area contributed by atoms with E-state index in [1.807, 2.05) is 7.05 Å². The van der Waals surface area contributed by atoms with Crippen molar-refractivity contribution >= 4 is 5.91 Å². The Balaban J connectivity index is 2.58. The summed E-state index contributed by atoms with van der Waals surface area (Å²) in [7, 11) is 1.87. The van der Waals surface area contributed by atoms with Gasteiger partial charge in [-0.3, -0.25) is 4.79 Å². The van der Waals surface area contributed by atoms with Gasteiger partial charge in [-0.05, 0) is 32.7 Å². The lowest BCUT2D eigenvalue weighted by Gasteiger charge is -2.34. The van der Waals surface area contributed by atoms with Crippen molar-refractivity contribution < 1.29 is 9.53 Å². The summed E-state index contributed by atoms with van der Waals surface area (Å²) in [6.45, 7) is 11.9. The van der Waals surface area contributed by atoms with Crippen LogP contribution in [0.5, 0.6) is 0 Å². The van der Waals surface area contributed by atoms with Gasteiger partial charge in [0.05, 0.1) is 19.1 Å². The van der Waals surface area contributed by atoms with Gasteiger partial charge >= 0.3 is 0 Å². The third-order valence-corrected chi connectivity index (χ3v) is 3.22. The molecular weight excluding hydrogens is 228 g/mol. The predicted octanol–water partition coefficient (Wildman–Crippen LogP) is 1.55. The van der Waals surface area contributed by atoms with Crippen molar-refractivity contribution in [3.8, 4) is 0 Å². The second-order valence-electron chi connectivity index (χ2n) is 7.15. The molecule has 1 amide bonds. The van der Waals surface area contributed by atoms with Gasteiger partial charge in [-0.1, -0.05) is 20.8 Å². The van der Waals surface area contributed by atoms with E-state index < -0.39 is 0 Å². The molecule has 1 heterocycles. The van der Waals surface area contributed by atoms with Crippen LogP contribution in [-0.4, -0.2) is 37.7 Å².